The van der Waals surface area contributed by atoms with Crippen LogP contribution in [0.4, 0.5) is 5.82 Å². The van der Waals surface area contributed by atoms with E-state index in [0.29, 0.717) is 18.1 Å². The summed E-state index contributed by atoms with van der Waals surface area (Å²) in [4.78, 5) is 19.9. The van der Waals surface area contributed by atoms with Crippen LogP contribution in [0.5, 0.6) is 0 Å². The van der Waals surface area contributed by atoms with Crippen molar-refractivity contribution in [3.63, 3.8) is 0 Å². The highest BCUT2D eigenvalue weighted by atomic mass is 16.1. The third-order valence-corrected chi connectivity index (χ3v) is 2.73. The van der Waals surface area contributed by atoms with Crippen molar-refractivity contribution >= 4 is 11.7 Å². The SMILES string of the molecule is CNc1cnc(C(=O)NCCc2ccnn2C)cn1. The largest absolute Gasteiger partial charge is 0.372 e. The Morgan fingerprint density at radius 1 is 1.37 bits per heavy atom. The van der Waals surface area contributed by atoms with Crippen LogP contribution in [0.25, 0.3) is 0 Å². The van der Waals surface area contributed by atoms with Gasteiger partial charge in [0.1, 0.15) is 11.5 Å². The molecule has 0 aliphatic heterocycles. The van der Waals surface area contributed by atoms with E-state index in [1.807, 2.05) is 13.1 Å². The molecule has 0 bridgehead atoms. The highest BCUT2D eigenvalue weighted by Crippen LogP contribution is 2.00. The summed E-state index contributed by atoms with van der Waals surface area (Å²) in [6.45, 7) is 0.536. The summed E-state index contributed by atoms with van der Waals surface area (Å²) >= 11 is 0. The molecule has 0 aliphatic rings. The Kier molecular flexibility index (Phi) is 4.07. The lowest BCUT2D eigenvalue weighted by Gasteiger charge is -2.05. The molecule has 0 radical (unpaired) electrons. The van der Waals surface area contributed by atoms with Crippen LogP contribution in [0, 0.1) is 0 Å². The second-order valence-corrected chi connectivity index (χ2v) is 3.99. The van der Waals surface area contributed by atoms with Gasteiger partial charge in [-0.1, -0.05) is 0 Å². The Morgan fingerprint density at radius 2 is 2.21 bits per heavy atom. The molecule has 0 saturated carbocycles. The molecular weight excluding hydrogens is 244 g/mol. The number of carbonyl (C=O) groups is 1. The number of nitrogens with zero attached hydrogens (tertiary/aromatic N) is 4. The molecule has 2 aromatic rings. The van der Waals surface area contributed by atoms with Crippen molar-refractivity contribution in [2.24, 2.45) is 7.05 Å². The van der Waals surface area contributed by atoms with E-state index in [4.69, 9.17) is 0 Å². The van der Waals surface area contributed by atoms with Gasteiger partial charge in [-0.3, -0.25) is 9.48 Å². The highest BCUT2D eigenvalue weighted by molar-refractivity contribution is 5.91. The number of amides is 1. The number of hydrogen-bond acceptors (Lipinski definition) is 5. The van der Waals surface area contributed by atoms with E-state index in [0.717, 1.165) is 12.1 Å². The molecule has 0 saturated heterocycles. The van der Waals surface area contributed by atoms with Gasteiger partial charge in [-0.25, -0.2) is 9.97 Å². The van der Waals surface area contributed by atoms with Crippen molar-refractivity contribution in [3.05, 3.63) is 36.0 Å². The van der Waals surface area contributed by atoms with Crippen LogP contribution in [-0.2, 0) is 13.5 Å². The second kappa shape index (κ2) is 5.94. The Labute approximate surface area is 111 Å². The first-order valence-electron chi connectivity index (χ1n) is 5.95. The van der Waals surface area contributed by atoms with E-state index in [1.165, 1.54) is 12.4 Å². The van der Waals surface area contributed by atoms with Crippen LogP contribution in [0.1, 0.15) is 16.2 Å². The van der Waals surface area contributed by atoms with Gasteiger partial charge in [-0.2, -0.15) is 5.10 Å². The lowest BCUT2D eigenvalue weighted by Crippen LogP contribution is -2.27. The van der Waals surface area contributed by atoms with E-state index in [9.17, 15) is 4.79 Å². The van der Waals surface area contributed by atoms with Crippen molar-refractivity contribution in [1.29, 1.82) is 0 Å². The van der Waals surface area contributed by atoms with Crippen molar-refractivity contribution in [2.45, 2.75) is 6.42 Å². The molecule has 19 heavy (non-hydrogen) atoms. The monoisotopic (exact) mass is 260 g/mol. The normalized spacial score (nSPS) is 10.2. The molecule has 1 amide bonds. The van der Waals surface area contributed by atoms with Crippen LogP contribution in [0.2, 0.25) is 0 Å². The van der Waals surface area contributed by atoms with Crippen molar-refractivity contribution in [3.8, 4) is 0 Å². The van der Waals surface area contributed by atoms with Gasteiger partial charge in [0.25, 0.3) is 5.91 Å². The maximum Gasteiger partial charge on any atom is 0.271 e. The maximum absolute atomic E-state index is 11.8. The van der Waals surface area contributed by atoms with Crippen molar-refractivity contribution in [2.75, 3.05) is 18.9 Å². The van der Waals surface area contributed by atoms with Gasteiger partial charge in [-0.05, 0) is 6.07 Å². The average molecular weight is 260 g/mol. The maximum atomic E-state index is 11.8. The van der Waals surface area contributed by atoms with Crippen LogP contribution < -0.4 is 10.6 Å². The van der Waals surface area contributed by atoms with E-state index < -0.39 is 0 Å². The number of nitrogens with one attached hydrogen (secondary N) is 2. The van der Waals surface area contributed by atoms with Gasteiger partial charge in [0.05, 0.1) is 12.4 Å². The molecule has 0 spiro atoms. The first kappa shape index (κ1) is 13.0. The summed E-state index contributed by atoms with van der Waals surface area (Å²) < 4.78 is 1.79. The Bertz CT molecular complexity index is 548. The van der Waals surface area contributed by atoms with Crippen molar-refractivity contribution < 1.29 is 4.79 Å². The Balaban J connectivity index is 1.85. The van der Waals surface area contributed by atoms with Gasteiger partial charge >= 0.3 is 0 Å². The van der Waals surface area contributed by atoms with Gasteiger partial charge < -0.3 is 10.6 Å². The standard InChI is InChI=1S/C12H16N6O/c1-13-11-8-15-10(7-16-11)12(19)14-5-3-9-4-6-17-18(9)2/h4,6-8H,3,5H2,1-2H3,(H,13,16)(H,14,19). The molecule has 7 nitrogen and oxygen atoms in total. The van der Waals surface area contributed by atoms with E-state index >= 15 is 0 Å². The Hall–Kier alpha value is -2.44. The summed E-state index contributed by atoms with van der Waals surface area (Å²) in [5.41, 5.74) is 1.38. The Morgan fingerprint density at radius 3 is 2.79 bits per heavy atom. The van der Waals surface area contributed by atoms with Gasteiger partial charge in [0.15, 0.2) is 0 Å². The number of aryl methyl sites for hydroxylation is 1. The molecule has 2 rings (SSSR count). The third-order valence-electron chi connectivity index (χ3n) is 2.73. The molecule has 0 fully saturated rings. The number of aromatic nitrogens is 4. The molecule has 0 aliphatic carbocycles. The third kappa shape index (κ3) is 3.27. The predicted molar refractivity (Wildman–Crippen MR) is 70.8 cm³/mol. The molecule has 7 heteroatoms. The molecule has 2 heterocycles. The van der Waals surface area contributed by atoms with E-state index in [2.05, 4.69) is 25.7 Å². The van der Waals surface area contributed by atoms with Crippen LogP contribution in [0.15, 0.2) is 24.7 Å². The minimum Gasteiger partial charge on any atom is -0.372 e. The fourth-order valence-electron chi connectivity index (χ4n) is 1.62. The number of anilines is 1. The molecular formula is C12H16N6O. The molecule has 100 valence electrons. The van der Waals surface area contributed by atoms with Crippen LogP contribution in [0.3, 0.4) is 0 Å². The minimum atomic E-state index is -0.225. The zero-order chi connectivity index (χ0) is 13.7. The predicted octanol–water partition coefficient (Wildman–Crippen LogP) is 0.224. The van der Waals surface area contributed by atoms with Crippen LogP contribution in [-0.4, -0.2) is 39.2 Å². The summed E-state index contributed by atoms with van der Waals surface area (Å²) in [5.74, 6) is 0.406. The molecule has 2 N–H and O–H groups in total. The van der Waals surface area contributed by atoms with E-state index in [1.54, 1.807) is 17.9 Å². The highest BCUT2D eigenvalue weighted by Gasteiger charge is 2.07. The summed E-state index contributed by atoms with van der Waals surface area (Å²) in [6, 6.07) is 1.92. The average Bonchev–Trinajstić information content (AvgIpc) is 2.84. The number of carbonyl (C=O) groups excluding carboxylic acids is 1. The molecule has 0 unspecified atom stereocenters. The summed E-state index contributed by atoms with van der Waals surface area (Å²) in [7, 11) is 3.62. The fraction of sp³-hybridized carbons (Fsp3) is 0.333. The first-order chi connectivity index (χ1) is 9.20. The second-order valence-electron chi connectivity index (χ2n) is 3.99. The topological polar surface area (TPSA) is 84.7 Å². The van der Waals surface area contributed by atoms with Crippen LogP contribution >= 0.6 is 0 Å². The minimum absolute atomic E-state index is 0.225. The van der Waals surface area contributed by atoms with Gasteiger partial charge in [0, 0.05) is 39.0 Å². The molecule has 2 aromatic heterocycles. The molecule has 0 aromatic carbocycles. The quantitative estimate of drug-likeness (QED) is 0.803. The lowest BCUT2D eigenvalue weighted by atomic mass is 10.3. The zero-order valence-corrected chi connectivity index (χ0v) is 10.9. The first-order valence-corrected chi connectivity index (χ1v) is 5.95. The van der Waals surface area contributed by atoms with Gasteiger partial charge in [-0.15, -0.1) is 0 Å². The summed E-state index contributed by atoms with van der Waals surface area (Å²) in [6.07, 6.45) is 5.44. The lowest BCUT2D eigenvalue weighted by molar-refractivity contribution is 0.0948. The molecule has 0 atom stereocenters. The zero-order valence-electron chi connectivity index (χ0n) is 10.9. The fourth-order valence-corrected chi connectivity index (χ4v) is 1.62. The van der Waals surface area contributed by atoms with E-state index in [-0.39, 0.29) is 5.91 Å². The van der Waals surface area contributed by atoms with Gasteiger partial charge in [0.2, 0.25) is 0 Å². The van der Waals surface area contributed by atoms with Crippen molar-refractivity contribution in [1.82, 2.24) is 25.1 Å². The number of hydrogen-bond donors (Lipinski definition) is 2. The summed E-state index contributed by atoms with van der Waals surface area (Å²) in [5, 5.41) is 9.71. The smallest absolute Gasteiger partial charge is 0.271 e. The number of rotatable bonds is 5.